The van der Waals surface area contributed by atoms with Crippen LogP contribution >= 0.6 is 15.9 Å². The van der Waals surface area contributed by atoms with Crippen LogP contribution in [0.25, 0.3) is 0 Å². The van der Waals surface area contributed by atoms with Gasteiger partial charge in [0.25, 0.3) is 0 Å². The Morgan fingerprint density at radius 3 is 2.81 bits per heavy atom. The second-order valence-electron chi connectivity index (χ2n) is 3.76. The van der Waals surface area contributed by atoms with Crippen molar-refractivity contribution in [3.05, 3.63) is 51.8 Å². The van der Waals surface area contributed by atoms with Gasteiger partial charge in [-0.2, -0.15) is 5.10 Å². The Balaban J connectivity index is 2.20. The van der Waals surface area contributed by atoms with E-state index >= 15 is 0 Å². The van der Waals surface area contributed by atoms with Crippen LogP contribution in [0, 0.1) is 0 Å². The molecule has 2 rings (SSSR count). The number of aryl methyl sites for hydroxylation is 1. The van der Waals surface area contributed by atoms with Gasteiger partial charge < -0.3 is 5.73 Å². The van der Waals surface area contributed by atoms with Gasteiger partial charge >= 0.3 is 0 Å². The molecule has 3 nitrogen and oxygen atoms in total. The fraction of sp³-hybridized carbons (Fsp3) is 0.250. The fourth-order valence-electron chi connectivity index (χ4n) is 1.70. The van der Waals surface area contributed by atoms with Crippen LogP contribution < -0.4 is 5.73 Å². The van der Waals surface area contributed by atoms with Crippen molar-refractivity contribution in [2.75, 3.05) is 0 Å². The topological polar surface area (TPSA) is 43.8 Å². The zero-order valence-corrected chi connectivity index (χ0v) is 10.7. The van der Waals surface area contributed by atoms with E-state index in [1.54, 1.807) is 0 Å². The average molecular weight is 280 g/mol. The minimum atomic E-state index is 0.530. The lowest BCUT2D eigenvalue weighted by atomic mass is 10.1. The standard InChI is InChI=1S/C12H14BrN3/c1-16-12(8-14)7-11(15-16)6-9-3-2-4-10(13)5-9/h2-5,7H,6,8,14H2,1H3. The maximum absolute atomic E-state index is 5.61. The Labute approximate surface area is 103 Å². The van der Waals surface area contributed by atoms with Crippen molar-refractivity contribution in [2.45, 2.75) is 13.0 Å². The Morgan fingerprint density at radius 2 is 2.19 bits per heavy atom. The lowest BCUT2D eigenvalue weighted by molar-refractivity contribution is 0.701. The summed E-state index contributed by atoms with van der Waals surface area (Å²) >= 11 is 3.46. The van der Waals surface area contributed by atoms with Crippen LogP contribution in [-0.2, 0) is 20.0 Å². The number of nitrogens with zero attached hydrogens (tertiary/aromatic N) is 2. The van der Waals surface area contributed by atoms with Crippen LogP contribution in [0.2, 0.25) is 0 Å². The normalized spacial score (nSPS) is 10.7. The number of benzene rings is 1. The third-order valence-electron chi connectivity index (χ3n) is 2.51. The molecule has 0 saturated carbocycles. The Bertz CT molecular complexity index is 491. The van der Waals surface area contributed by atoms with Gasteiger partial charge in [0.1, 0.15) is 0 Å². The minimum absolute atomic E-state index is 0.530. The summed E-state index contributed by atoms with van der Waals surface area (Å²) in [6, 6.07) is 10.3. The molecule has 4 heteroatoms. The first kappa shape index (κ1) is 11.4. The molecule has 0 aliphatic carbocycles. The smallest absolute Gasteiger partial charge is 0.0671 e. The first-order valence-electron chi connectivity index (χ1n) is 5.15. The number of halogens is 1. The van der Waals surface area contributed by atoms with Crippen molar-refractivity contribution in [1.29, 1.82) is 0 Å². The summed E-state index contributed by atoms with van der Waals surface area (Å²) in [6.07, 6.45) is 0.841. The van der Waals surface area contributed by atoms with Crippen LogP contribution in [0.15, 0.2) is 34.8 Å². The lowest BCUT2D eigenvalue weighted by Crippen LogP contribution is -2.03. The number of rotatable bonds is 3. The predicted octanol–water partition coefficient (Wildman–Crippen LogP) is 2.23. The van der Waals surface area contributed by atoms with E-state index in [1.807, 2.05) is 23.9 Å². The first-order valence-corrected chi connectivity index (χ1v) is 5.94. The molecule has 1 aromatic carbocycles. The average Bonchev–Trinajstić information content (AvgIpc) is 2.58. The summed E-state index contributed by atoms with van der Waals surface area (Å²) in [4.78, 5) is 0. The second-order valence-corrected chi connectivity index (χ2v) is 4.68. The zero-order valence-electron chi connectivity index (χ0n) is 9.15. The van der Waals surface area contributed by atoms with Gasteiger partial charge in [0.15, 0.2) is 0 Å². The van der Waals surface area contributed by atoms with E-state index in [1.165, 1.54) is 5.56 Å². The van der Waals surface area contributed by atoms with Crippen LogP contribution in [-0.4, -0.2) is 9.78 Å². The number of hydrogen-bond acceptors (Lipinski definition) is 2. The molecule has 2 N–H and O–H groups in total. The third-order valence-corrected chi connectivity index (χ3v) is 3.00. The SMILES string of the molecule is Cn1nc(Cc2cccc(Br)c2)cc1CN. The quantitative estimate of drug-likeness (QED) is 0.937. The van der Waals surface area contributed by atoms with Crippen molar-refractivity contribution < 1.29 is 0 Å². The summed E-state index contributed by atoms with van der Waals surface area (Å²) in [5.41, 5.74) is 8.98. The van der Waals surface area contributed by atoms with E-state index in [-0.39, 0.29) is 0 Å². The summed E-state index contributed by atoms with van der Waals surface area (Å²) in [7, 11) is 1.92. The maximum atomic E-state index is 5.61. The van der Waals surface area contributed by atoms with Gasteiger partial charge in [-0.1, -0.05) is 28.1 Å². The first-order chi connectivity index (χ1) is 7.69. The third kappa shape index (κ3) is 2.51. The molecule has 1 heterocycles. The van der Waals surface area contributed by atoms with E-state index in [4.69, 9.17) is 5.73 Å². The number of nitrogens with two attached hydrogens (primary N) is 1. The molecular formula is C12H14BrN3. The molecule has 84 valence electrons. The van der Waals surface area contributed by atoms with Gasteiger partial charge in [-0.3, -0.25) is 4.68 Å². The molecule has 0 aliphatic rings. The Hall–Kier alpha value is -1.13. The monoisotopic (exact) mass is 279 g/mol. The molecule has 0 aliphatic heterocycles. The molecule has 0 saturated heterocycles. The second kappa shape index (κ2) is 4.80. The van der Waals surface area contributed by atoms with Crippen LogP contribution in [0.3, 0.4) is 0 Å². The fourth-order valence-corrected chi connectivity index (χ4v) is 2.15. The van der Waals surface area contributed by atoms with Crippen molar-refractivity contribution in [1.82, 2.24) is 9.78 Å². The summed E-state index contributed by atoms with van der Waals surface area (Å²) in [5.74, 6) is 0. The van der Waals surface area contributed by atoms with Gasteiger partial charge in [0.05, 0.1) is 11.4 Å². The molecule has 0 radical (unpaired) electrons. The molecule has 0 bridgehead atoms. The molecule has 0 unspecified atom stereocenters. The Morgan fingerprint density at radius 1 is 1.38 bits per heavy atom. The van der Waals surface area contributed by atoms with E-state index in [2.05, 4.69) is 39.2 Å². The van der Waals surface area contributed by atoms with Crippen molar-refractivity contribution >= 4 is 15.9 Å². The summed E-state index contributed by atoms with van der Waals surface area (Å²) in [5, 5.41) is 4.43. The largest absolute Gasteiger partial charge is 0.325 e. The van der Waals surface area contributed by atoms with Crippen molar-refractivity contribution in [3.8, 4) is 0 Å². The molecule has 2 aromatic rings. The van der Waals surface area contributed by atoms with E-state index in [9.17, 15) is 0 Å². The van der Waals surface area contributed by atoms with Crippen LogP contribution in [0.4, 0.5) is 0 Å². The summed E-state index contributed by atoms with van der Waals surface area (Å²) < 4.78 is 2.94. The highest BCUT2D eigenvalue weighted by atomic mass is 79.9. The van der Waals surface area contributed by atoms with Crippen molar-refractivity contribution in [2.24, 2.45) is 12.8 Å². The molecule has 0 amide bonds. The van der Waals surface area contributed by atoms with E-state index in [0.29, 0.717) is 6.54 Å². The predicted molar refractivity (Wildman–Crippen MR) is 68.0 cm³/mol. The van der Waals surface area contributed by atoms with Gasteiger partial charge in [-0.25, -0.2) is 0 Å². The van der Waals surface area contributed by atoms with Gasteiger partial charge in [0, 0.05) is 24.5 Å². The van der Waals surface area contributed by atoms with Crippen molar-refractivity contribution in [3.63, 3.8) is 0 Å². The molecule has 16 heavy (non-hydrogen) atoms. The van der Waals surface area contributed by atoms with Gasteiger partial charge in [-0.15, -0.1) is 0 Å². The molecular weight excluding hydrogens is 266 g/mol. The van der Waals surface area contributed by atoms with Crippen LogP contribution in [0.1, 0.15) is 17.0 Å². The molecule has 0 fully saturated rings. The summed E-state index contributed by atoms with van der Waals surface area (Å²) in [6.45, 7) is 0.530. The van der Waals surface area contributed by atoms with Gasteiger partial charge in [-0.05, 0) is 23.8 Å². The number of hydrogen-bond donors (Lipinski definition) is 1. The van der Waals surface area contributed by atoms with E-state index < -0.39 is 0 Å². The minimum Gasteiger partial charge on any atom is -0.325 e. The Kier molecular flexibility index (Phi) is 3.41. The van der Waals surface area contributed by atoms with Gasteiger partial charge in [0.2, 0.25) is 0 Å². The number of aromatic nitrogens is 2. The molecule has 0 spiro atoms. The highest BCUT2D eigenvalue weighted by Crippen LogP contribution is 2.15. The highest BCUT2D eigenvalue weighted by Gasteiger charge is 2.04. The highest BCUT2D eigenvalue weighted by molar-refractivity contribution is 9.10. The lowest BCUT2D eigenvalue weighted by Gasteiger charge is -1.98. The molecule has 1 aromatic heterocycles. The maximum Gasteiger partial charge on any atom is 0.0671 e. The van der Waals surface area contributed by atoms with Crippen LogP contribution in [0.5, 0.6) is 0 Å². The zero-order chi connectivity index (χ0) is 11.5. The van der Waals surface area contributed by atoms with E-state index in [0.717, 1.165) is 22.3 Å². The molecule has 0 atom stereocenters.